The van der Waals surface area contributed by atoms with Crippen LogP contribution in [0, 0.1) is 5.41 Å². The van der Waals surface area contributed by atoms with Crippen LogP contribution in [0.4, 0.5) is 4.79 Å². The van der Waals surface area contributed by atoms with Crippen LogP contribution in [-0.2, 0) is 5.54 Å². The summed E-state index contributed by atoms with van der Waals surface area (Å²) in [6, 6.07) is 18.2. The van der Waals surface area contributed by atoms with Gasteiger partial charge in [0.2, 0.25) is 0 Å². The van der Waals surface area contributed by atoms with Crippen LogP contribution in [0.25, 0.3) is 16.6 Å². The Labute approximate surface area is 217 Å². The highest BCUT2D eigenvalue weighted by Gasteiger charge is 2.47. The average molecular weight is 496 g/mol. The molecule has 3 heterocycles. The van der Waals surface area contributed by atoms with Crippen LogP contribution in [-0.4, -0.2) is 48.4 Å². The quantitative estimate of drug-likeness (QED) is 0.528. The first-order chi connectivity index (χ1) is 18.0. The lowest BCUT2D eigenvalue weighted by molar-refractivity contribution is 0.154. The Morgan fingerprint density at radius 3 is 2.70 bits per heavy atom. The monoisotopic (exact) mass is 495 g/mol. The van der Waals surface area contributed by atoms with E-state index in [1.165, 1.54) is 5.56 Å². The van der Waals surface area contributed by atoms with E-state index in [-0.39, 0.29) is 17.0 Å². The van der Waals surface area contributed by atoms with E-state index in [0.29, 0.717) is 12.2 Å². The zero-order valence-corrected chi connectivity index (χ0v) is 21.2. The summed E-state index contributed by atoms with van der Waals surface area (Å²) in [7, 11) is 1.66. The van der Waals surface area contributed by atoms with Crippen LogP contribution >= 0.6 is 0 Å². The second-order valence-corrected chi connectivity index (χ2v) is 10.6. The number of fused-ring (bicyclic) bond motifs is 1. The third-order valence-electron chi connectivity index (χ3n) is 8.45. The Bertz CT molecular complexity index is 1400. The van der Waals surface area contributed by atoms with Gasteiger partial charge in [0.1, 0.15) is 5.75 Å². The Hall–Kier alpha value is -3.87. The van der Waals surface area contributed by atoms with Gasteiger partial charge in [-0.05, 0) is 68.0 Å². The fraction of sp³-hybridized carbons (Fsp3) is 0.367. The number of aliphatic imine (C=N–C) groups is 1. The molecule has 190 valence electrons. The summed E-state index contributed by atoms with van der Waals surface area (Å²) in [6.07, 6.45) is 8.74. The molecule has 1 unspecified atom stereocenters. The highest BCUT2D eigenvalue weighted by atomic mass is 16.5. The number of rotatable bonds is 5. The molecule has 0 radical (unpaired) electrons. The van der Waals surface area contributed by atoms with Crippen molar-refractivity contribution in [3.05, 3.63) is 78.0 Å². The van der Waals surface area contributed by atoms with Crippen molar-refractivity contribution < 1.29 is 9.53 Å². The van der Waals surface area contributed by atoms with Gasteiger partial charge in [-0.2, -0.15) is 0 Å². The number of hydrogen-bond donors (Lipinski definition) is 2. The number of methoxy groups -OCH3 is 1. The smallest absolute Gasteiger partial charge is 0.318 e. The standard InChI is InChI=1S/C30H33N5O2/c1-37-24-8-9-26-21(17-24)16-22(19-33-26)25(31)18-27-29(12-14-32-27)13-15-35(20-29)28(36)34-30(10-5-11-30)23-6-3-2-4-7-23/h2-4,6-9,16-19H,5,10-15,20,31H2,1H3,(H,34,36). The minimum absolute atomic E-state index is 0.0244. The molecule has 7 heteroatoms. The molecule has 3 aliphatic rings. The minimum atomic E-state index is -0.239. The summed E-state index contributed by atoms with van der Waals surface area (Å²) in [5.41, 5.74) is 10.8. The molecule has 1 atom stereocenters. The number of carbonyl (C=O) groups excluding carboxylic acids is 1. The number of ether oxygens (including phenoxy) is 1. The van der Waals surface area contributed by atoms with E-state index in [1.807, 2.05) is 53.4 Å². The maximum atomic E-state index is 13.4. The second kappa shape index (κ2) is 9.21. The predicted molar refractivity (Wildman–Crippen MR) is 147 cm³/mol. The molecule has 2 fully saturated rings. The van der Waals surface area contributed by atoms with Gasteiger partial charge in [0.05, 0.1) is 18.2 Å². The minimum Gasteiger partial charge on any atom is -0.497 e. The van der Waals surface area contributed by atoms with E-state index in [0.717, 1.165) is 73.1 Å². The third kappa shape index (κ3) is 4.22. The number of benzene rings is 2. The molecule has 2 aliphatic heterocycles. The topological polar surface area (TPSA) is 92.8 Å². The Kier molecular flexibility index (Phi) is 5.86. The van der Waals surface area contributed by atoms with Crippen molar-refractivity contribution >= 4 is 28.3 Å². The molecule has 6 rings (SSSR count). The van der Waals surface area contributed by atoms with Gasteiger partial charge in [0, 0.05) is 53.6 Å². The summed E-state index contributed by atoms with van der Waals surface area (Å²) < 4.78 is 5.36. The van der Waals surface area contributed by atoms with Crippen LogP contribution in [0.5, 0.6) is 5.75 Å². The number of nitrogens with two attached hydrogens (primary N) is 1. The Balaban J connectivity index is 1.19. The molecule has 7 nitrogen and oxygen atoms in total. The summed E-state index contributed by atoms with van der Waals surface area (Å²) in [5, 5.41) is 4.37. The predicted octanol–water partition coefficient (Wildman–Crippen LogP) is 4.87. The Morgan fingerprint density at radius 1 is 1.11 bits per heavy atom. The first kappa shape index (κ1) is 23.5. The molecule has 2 amide bonds. The average Bonchev–Trinajstić information content (AvgIpc) is 3.52. The van der Waals surface area contributed by atoms with Gasteiger partial charge >= 0.3 is 6.03 Å². The molecule has 2 aromatic carbocycles. The lowest BCUT2D eigenvalue weighted by Gasteiger charge is -2.44. The second-order valence-electron chi connectivity index (χ2n) is 10.6. The van der Waals surface area contributed by atoms with Crippen LogP contribution in [0.15, 0.2) is 71.9 Å². The van der Waals surface area contributed by atoms with Crippen LogP contribution in [0.3, 0.4) is 0 Å². The highest BCUT2D eigenvalue weighted by Crippen LogP contribution is 2.43. The van der Waals surface area contributed by atoms with Crippen LogP contribution < -0.4 is 15.8 Å². The van der Waals surface area contributed by atoms with E-state index < -0.39 is 0 Å². The fourth-order valence-electron chi connectivity index (χ4n) is 6.03. The molecule has 1 spiro atoms. The van der Waals surface area contributed by atoms with E-state index in [1.54, 1.807) is 13.3 Å². The lowest BCUT2D eigenvalue weighted by Crippen LogP contribution is -2.54. The van der Waals surface area contributed by atoms with Crippen molar-refractivity contribution in [2.75, 3.05) is 26.7 Å². The molecule has 37 heavy (non-hydrogen) atoms. The SMILES string of the molecule is COc1ccc2ncc(C(N)=CC3=NCCC34CCN(C(=O)NC3(c5ccccc5)CCC3)C4)cc2c1. The Morgan fingerprint density at radius 2 is 1.95 bits per heavy atom. The van der Waals surface area contributed by atoms with E-state index >= 15 is 0 Å². The summed E-state index contributed by atoms with van der Waals surface area (Å²) in [6.45, 7) is 2.15. The van der Waals surface area contributed by atoms with E-state index in [4.69, 9.17) is 15.5 Å². The van der Waals surface area contributed by atoms with Crippen LogP contribution in [0.2, 0.25) is 0 Å². The molecule has 1 aliphatic carbocycles. The first-order valence-corrected chi connectivity index (χ1v) is 13.1. The molecule has 3 N–H and O–H groups in total. The normalized spacial score (nSPS) is 22.7. The summed E-state index contributed by atoms with van der Waals surface area (Å²) >= 11 is 0. The number of likely N-dealkylation sites (tertiary alicyclic amines) is 1. The van der Waals surface area contributed by atoms with Gasteiger partial charge in [0.15, 0.2) is 0 Å². The molecule has 0 bridgehead atoms. The maximum Gasteiger partial charge on any atom is 0.318 e. The van der Waals surface area contributed by atoms with Gasteiger partial charge in [0.25, 0.3) is 0 Å². The maximum absolute atomic E-state index is 13.4. The van der Waals surface area contributed by atoms with Crippen molar-refractivity contribution in [1.29, 1.82) is 0 Å². The summed E-state index contributed by atoms with van der Waals surface area (Å²) in [4.78, 5) is 24.8. The highest BCUT2D eigenvalue weighted by molar-refractivity contribution is 6.06. The third-order valence-corrected chi connectivity index (χ3v) is 8.45. The number of allylic oxidation sites excluding steroid dienone is 1. The number of aromatic nitrogens is 1. The van der Waals surface area contributed by atoms with Crippen LogP contribution in [0.1, 0.15) is 43.2 Å². The first-order valence-electron chi connectivity index (χ1n) is 13.1. The van der Waals surface area contributed by atoms with Crippen molar-refractivity contribution in [2.45, 2.75) is 37.6 Å². The van der Waals surface area contributed by atoms with Crippen molar-refractivity contribution in [1.82, 2.24) is 15.2 Å². The van der Waals surface area contributed by atoms with Crippen molar-refractivity contribution in [3.8, 4) is 5.75 Å². The number of hydrogen-bond acceptors (Lipinski definition) is 5. The molecular weight excluding hydrogens is 462 g/mol. The number of nitrogens with zero attached hydrogens (tertiary/aromatic N) is 3. The van der Waals surface area contributed by atoms with E-state index in [9.17, 15) is 4.79 Å². The van der Waals surface area contributed by atoms with Crippen molar-refractivity contribution in [3.63, 3.8) is 0 Å². The number of amides is 2. The molecular formula is C30H33N5O2. The lowest BCUT2D eigenvalue weighted by atomic mass is 9.72. The van der Waals surface area contributed by atoms with Gasteiger partial charge in [-0.25, -0.2) is 4.79 Å². The molecule has 1 saturated heterocycles. The zero-order chi connectivity index (χ0) is 25.5. The van der Waals surface area contributed by atoms with Gasteiger partial charge in [-0.1, -0.05) is 30.3 Å². The number of carbonyl (C=O) groups is 1. The number of urea groups is 1. The largest absolute Gasteiger partial charge is 0.497 e. The van der Waals surface area contributed by atoms with E-state index in [2.05, 4.69) is 22.4 Å². The fourth-order valence-corrected chi connectivity index (χ4v) is 6.03. The number of pyridine rings is 1. The molecule has 1 saturated carbocycles. The zero-order valence-electron chi connectivity index (χ0n) is 21.2. The van der Waals surface area contributed by atoms with Crippen molar-refractivity contribution in [2.24, 2.45) is 16.1 Å². The molecule has 3 aromatic rings. The number of nitrogens with one attached hydrogen (secondary N) is 1. The molecule has 1 aromatic heterocycles. The summed E-state index contributed by atoms with van der Waals surface area (Å²) in [5.74, 6) is 0.786. The van der Waals surface area contributed by atoms with Gasteiger partial charge < -0.3 is 20.7 Å². The van der Waals surface area contributed by atoms with Gasteiger partial charge in [-0.3, -0.25) is 9.98 Å². The van der Waals surface area contributed by atoms with Gasteiger partial charge in [-0.15, -0.1) is 0 Å².